The predicted octanol–water partition coefficient (Wildman–Crippen LogP) is 2.38. The third-order valence-electron chi connectivity index (χ3n) is 4.22. The second-order valence-corrected chi connectivity index (χ2v) is 7.90. The summed E-state index contributed by atoms with van der Waals surface area (Å²) < 4.78 is 26.7. The highest BCUT2D eigenvalue weighted by molar-refractivity contribution is 7.89. The van der Waals surface area contributed by atoms with Crippen LogP contribution in [0.5, 0.6) is 0 Å². The highest BCUT2D eigenvalue weighted by Gasteiger charge is 2.23. The number of nitrogens with two attached hydrogens (primary N) is 1. The molecule has 0 saturated carbocycles. The summed E-state index contributed by atoms with van der Waals surface area (Å²) in [6, 6.07) is 10.6. The molecule has 2 rings (SSSR count). The monoisotopic (exact) mass is 389 g/mol. The van der Waals surface area contributed by atoms with Crippen molar-refractivity contribution in [3.8, 4) is 0 Å². The number of anilines is 1. The Morgan fingerprint density at radius 2 is 1.63 bits per heavy atom. The molecule has 0 aliphatic heterocycles. The molecule has 0 bridgehead atoms. The molecule has 2 amide bonds. The average Bonchev–Trinajstić information content (AvgIpc) is 2.63. The van der Waals surface area contributed by atoms with E-state index in [-0.39, 0.29) is 10.5 Å². The highest BCUT2D eigenvalue weighted by atomic mass is 32.2. The fourth-order valence-electron chi connectivity index (χ4n) is 2.64. The van der Waals surface area contributed by atoms with E-state index in [1.807, 2.05) is 0 Å². The van der Waals surface area contributed by atoms with Crippen molar-refractivity contribution in [3.63, 3.8) is 0 Å². The molecule has 27 heavy (non-hydrogen) atoms. The number of sulfonamides is 1. The predicted molar refractivity (Wildman–Crippen MR) is 104 cm³/mol. The topological polar surface area (TPSA) is 110 Å². The van der Waals surface area contributed by atoms with E-state index in [0.717, 1.165) is 0 Å². The van der Waals surface area contributed by atoms with Crippen LogP contribution in [-0.2, 0) is 10.0 Å². The smallest absolute Gasteiger partial charge is 0.255 e. The maximum absolute atomic E-state index is 12.7. The summed E-state index contributed by atoms with van der Waals surface area (Å²) in [7, 11) is -3.66. The zero-order valence-corrected chi connectivity index (χ0v) is 16.3. The number of rotatable bonds is 7. The van der Waals surface area contributed by atoms with Gasteiger partial charge in [0.15, 0.2) is 0 Å². The van der Waals surface area contributed by atoms with Crippen molar-refractivity contribution >= 4 is 27.5 Å². The molecule has 0 fully saturated rings. The van der Waals surface area contributed by atoms with Crippen LogP contribution in [0.3, 0.4) is 0 Å². The van der Waals surface area contributed by atoms with Gasteiger partial charge in [-0.15, -0.1) is 0 Å². The summed E-state index contributed by atoms with van der Waals surface area (Å²) in [6.07, 6.45) is 0. The van der Waals surface area contributed by atoms with E-state index < -0.39 is 21.8 Å². The molecule has 2 aromatic carbocycles. The van der Waals surface area contributed by atoms with Gasteiger partial charge in [-0.25, -0.2) is 8.42 Å². The van der Waals surface area contributed by atoms with E-state index in [4.69, 9.17) is 5.73 Å². The van der Waals surface area contributed by atoms with Crippen molar-refractivity contribution in [3.05, 3.63) is 59.2 Å². The minimum absolute atomic E-state index is 0.0750. The van der Waals surface area contributed by atoms with Gasteiger partial charge in [-0.2, -0.15) is 4.31 Å². The van der Waals surface area contributed by atoms with Crippen LogP contribution in [-0.4, -0.2) is 37.6 Å². The fraction of sp³-hybridized carbons (Fsp3) is 0.263. The minimum atomic E-state index is -3.66. The molecule has 0 heterocycles. The molecule has 8 heteroatoms. The van der Waals surface area contributed by atoms with E-state index in [1.54, 1.807) is 39.0 Å². The molecule has 0 aromatic heterocycles. The SMILES string of the molecule is CCN(CC)S(=O)(=O)c1ccc(C)c(C(=O)Nc2ccc(C(N)=O)cc2)c1. The first-order valence-corrected chi connectivity index (χ1v) is 9.96. The van der Waals surface area contributed by atoms with Gasteiger partial charge in [0, 0.05) is 29.9 Å². The lowest BCUT2D eigenvalue weighted by molar-refractivity contribution is 0.0998. The standard InChI is InChI=1S/C19H23N3O4S/c1-4-22(5-2)27(25,26)16-11-6-13(3)17(12-16)19(24)21-15-9-7-14(8-10-15)18(20)23/h6-12H,4-5H2,1-3H3,(H2,20,23)(H,21,24). The molecule has 0 aliphatic rings. The average molecular weight is 389 g/mol. The summed E-state index contributed by atoms with van der Waals surface area (Å²) in [5, 5.41) is 2.70. The lowest BCUT2D eigenvalue weighted by Gasteiger charge is -2.19. The third-order valence-corrected chi connectivity index (χ3v) is 6.27. The first-order chi connectivity index (χ1) is 12.7. The maximum Gasteiger partial charge on any atom is 0.255 e. The molecular weight excluding hydrogens is 366 g/mol. The lowest BCUT2D eigenvalue weighted by Crippen LogP contribution is -2.30. The van der Waals surface area contributed by atoms with Crippen LogP contribution in [0, 0.1) is 6.92 Å². The number of nitrogens with zero attached hydrogens (tertiary/aromatic N) is 1. The van der Waals surface area contributed by atoms with E-state index in [1.165, 1.54) is 28.6 Å². The molecular formula is C19H23N3O4S. The fourth-order valence-corrected chi connectivity index (χ4v) is 4.12. The molecule has 0 spiro atoms. The van der Waals surface area contributed by atoms with Gasteiger partial charge in [0.2, 0.25) is 15.9 Å². The van der Waals surface area contributed by atoms with Gasteiger partial charge in [0.25, 0.3) is 5.91 Å². The van der Waals surface area contributed by atoms with Gasteiger partial charge in [0.05, 0.1) is 4.90 Å². The largest absolute Gasteiger partial charge is 0.366 e. The second kappa shape index (κ2) is 8.32. The Morgan fingerprint density at radius 3 is 2.15 bits per heavy atom. The van der Waals surface area contributed by atoms with Crippen LogP contribution in [0.15, 0.2) is 47.4 Å². The Kier molecular flexibility index (Phi) is 6.35. The Bertz CT molecular complexity index is 949. The van der Waals surface area contributed by atoms with Crippen molar-refractivity contribution in [2.75, 3.05) is 18.4 Å². The quantitative estimate of drug-likeness (QED) is 0.757. The Hall–Kier alpha value is -2.71. The van der Waals surface area contributed by atoms with Crippen molar-refractivity contribution in [1.82, 2.24) is 4.31 Å². The van der Waals surface area contributed by atoms with Gasteiger partial charge < -0.3 is 11.1 Å². The zero-order chi connectivity index (χ0) is 20.2. The molecule has 0 unspecified atom stereocenters. The lowest BCUT2D eigenvalue weighted by atomic mass is 10.1. The summed E-state index contributed by atoms with van der Waals surface area (Å²) in [5.41, 5.74) is 6.92. The molecule has 2 aromatic rings. The Balaban J connectivity index is 2.32. The molecule has 7 nitrogen and oxygen atoms in total. The van der Waals surface area contributed by atoms with Gasteiger partial charge in [0.1, 0.15) is 0 Å². The number of carbonyl (C=O) groups is 2. The van der Waals surface area contributed by atoms with E-state index in [0.29, 0.717) is 29.9 Å². The molecule has 0 aliphatic carbocycles. The van der Waals surface area contributed by atoms with E-state index >= 15 is 0 Å². The molecule has 0 atom stereocenters. The molecule has 0 saturated heterocycles. The number of benzene rings is 2. The van der Waals surface area contributed by atoms with Crippen LogP contribution in [0.4, 0.5) is 5.69 Å². The first kappa shape index (κ1) is 20.6. The number of hydrogen-bond donors (Lipinski definition) is 2. The van der Waals surface area contributed by atoms with Crippen LogP contribution < -0.4 is 11.1 Å². The molecule has 3 N–H and O–H groups in total. The third kappa shape index (κ3) is 4.53. The number of primary amides is 1. The van der Waals surface area contributed by atoms with E-state index in [9.17, 15) is 18.0 Å². The van der Waals surface area contributed by atoms with Crippen LogP contribution in [0.2, 0.25) is 0 Å². The summed E-state index contributed by atoms with van der Waals surface area (Å²) in [4.78, 5) is 23.8. The van der Waals surface area contributed by atoms with E-state index in [2.05, 4.69) is 5.32 Å². The maximum atomic E-state index is 12.7. The minimum Gasteiger partial charge on any atom is -0.366 e. The summed E-state index contributed by atoms with van der Waals surface area (Å²) >= 11 is 0. The van der Waals surface area contributed by atoms with Crippen molar-refractivity contribution < 1.29 is 18.0 Å². The number of carbonyl (C=O) groups excluding carboxylic acids is 2. The normalized spacial score (nSPS) is 11.4. The number of amides is 2. The number of hydrogen-bond acceptors (Lipinski definition) is 4. The van der Waals surface area contributed by atoms with Crippen LogP contribution in [0.25, 0.3) is 0 Å². The second-order valence-electron chi connectivity index (χ2n) is 5.96. The Labute approximate surface area is 159 Å². The Morgan fingerprint density at radius 1 is 1.04 bits per heavy atom. The number of nitrogens with one attached hydrogen (secondary N) is 1. The van der Waals surface area contributed by atoms with Gasteiger partial charge in [-0.05, 0) is 48.9 Å². The molecule has 0 radical (unpaired) electrons. The molecule has 144 valence electrons. The van der Waals surface area contributed by atoms with Gasteiger partial charge in [-0.1, -0.05) is 19.9 Å². The summed E-state index contributed by atoms with van der Waals surface area (Å²) in [6.45, 7) is 5.96. The van der Waals surface area contributed by atoms with Gasteiger partial charge in [-0.3, -0.25) is 9.59 Å². The van der Waals surface area contributed by atoms with Crippen molar-refractivity contribution in [1.29, 1.82) is 0 Å². The highest BCUT2D eigenvalue weighted by Crippen LogP contribution is 2.21. The van der Waals surface area contributed by atoms with Crippen LogP contribution >= 0.6 is 0 Å². The number of aryl methyl sites for hydroxylation is 1. The zero-order valence-electron chi connectivity index (χ0n) is 15.5. The summed E-state index contributed by atoms with van der Waals surface area (Å²) in [5.74, 6) is -0.992. The van der Waals surface area contributed by atoms with Gasteiger partial charge >= 0.3 is 0 Å². The van der Waals surface area contributed by atoms with Crippen molar-refractivity contribution in [2.45, 2.75) is 25.7 Å². The van der Waals surface area contributed by atoms with Crippen molar-refractivity contribution in [2.24, 2.45) is 5.73 Å². The first-order valence-electron chi connectivity index (χ1n) is 8.52. The van der Waals surface area contributed by atoms with Crippen LogP contribution in [0.1, 0.15) is 40.1 Å².